The molecule has 0 saturated carbocycles. The maximum atomic E-state index is 5.84. The summed E-state index contributed by atoms with van der Waals surface area (Å²) in [6.07, 6.45) is 1.91. The third-order valence-electron chi connectivity index (χ3n) is 2.69. The molecule has 6 heteroatoms. The average molecular weight is 260 g/mol. The number of rotatable bonds is 2. The van der Waals surface area contributed by atoms with Gasteiger partial charge in [0.15, 0.2) is 0 Å². The molecule has 0 radical (unpaired) electrons. The highest BCUT2D eigenvalue weighted by molar-refractivity contribution is 5.59. The minimum atomic E-state index is -0.143. The predicted molar refractivity (Wildman–Crippen MR) is 76.4 cm³/mol. The SMILES string of the molecule is Cc1nn(C)cc1Nc1cc(N)nc(C(C)(C)C)n1. The summed E-state index contributed by atoms with van der Waals surface area (Å²) < 4.78 is 1.76. The monoisotopic (exact) mass is 260 g/mol. The normalized spacial score (nSPS) is 11.6. The molecule has 3 N–H and O–H groups in total. The highest BCUT2D eigenvalue weighted by Gasteiger charge is 2.19. The molecule has 102 valence electrons. The second-order valence-electron chi connectivity index (χ2n) is 5.68. The molecular weight excluding hydrogens is 240 g/mol. The fraction of sp³-hybridized carbons (Fsp3) is 0.462. The lowest BCUT2D eigenvalue weighted by atomic mass is 9.96. The highest BCUT2D eigenvalue weighted by atomic mass is 15.3. The maximum absolute atomic E-state index is 5.84. The predicted octanol–water partition coefficient (Wildman–Crippen LogP) is 2.14. The van der Waals surface area contributed by atoms with Gasteiger partial charge in [0, 0.05) is 24.7 Å². The Hall–Kier alpha value is -2.11. The van der Waals surface area contributed by atoms with E-state index in [0.717, 1.165) is 17.2 Å². The molecule has 0 spiro atoms. The van der Waals surface area contributed by atoms with Crippen LogP contribution in [0.15, 0.2) is 12.3 Å². The van der Waals surface area contributed by atoms with Gasteiger partial charge in [-0.25, -0.2) is 9.97 Å². The van der Waals surface area contributed by atoms with Crippen LogP contribution in [-0.2, 0) is 12.5 Å². The fourth-order valence-electron chi connectivity index (χ4n) is 1.73. The van der Waals surface area contributed by atoms with Crippen molar-refractivity contribution < 1.29 is 0 Å². The summed E-state index contributed by atoms with van der Waals surface area (Å²) in [4.78, 5) is 8.79. The number of nitrogens with one attached hydrogen (secondary N) is 1. The number of nitrogen functional groups attached to an aromatic ring is 1. The Morgan fingerprint density at radius 1 is 1.26 bits per heavy atom. The minimum absolute atomic E-state index is 0.143. The van der Waals surface area contributed by atoms with Gasteiger partial charge in [-0.05, 0) is 6.92 Å². The molecule has 2 rings (SSSR count). The van der Waals surface area contributed by atoms with Crippen LogP contribution < -0.4 is 11.1 Å². The van der Waals surface area contributed by atoms with Crippen LogP contribution >= 0.6 is 0 Å². The molecule has 0 atom stereocenters. The van der Waals surface area contributed by atoms with E-state index in [0.29, 0.717) is 11.6 Å². The van der Waals surface area contributed by atoms with Gasteiger partial charge >= 0.3 is 0 Å². The standard InChI is InChI=1S/C13H20N6/c1-8-9(7-19(5)18-8)15-11-6-10(14)16-12(17-11)13(2,3)4/h6-7H,1-5H3,(H3,14,15,16,17). The highest BCUT2D eigenvalue weighted by Crippen LogP contribution is 2.23. The van der Waals surface area contributed by atoms with Crippen LogP contribution in [0.1, 0.15) is 32.3 Å². The van der Waals surface area contributed by atoms with Gasteiger partial charge in [-0.3, -0.25) is 4.68 Å². The van der Waals surface area contributed by atoms with Gasteiger partial charge in [0.05, 0.1) is 11.4 Å². The molecule has 0 saturated heterocycles. The quantitative estimate of drug-likeness (QED) is 0.864. The van der Waals surface area contributed by atoms with Crippen molar-refractivity contribution in [2.24, 2.45) is 7.05 Å². The first kappa shape index (κ1) is 13.3. The number of hydrogen-bond donors (Lipinski definition) is 2. The van der Waals surface area contributed by atoms with Crippen molar-refractivity contribution >= 4 is 17.3 Å². The second kappa shape index (κ2) is 4.53. The Kier molecular flexibility index (Phi) is 3.18. The molecule has 0 bridgehead atoms. The van der Waals surface area contributed by atoms with Crippen molar-refractivity contribution in [2.45, 2.75) is 33.1 Å². The van der Waals surface area contributed by atoms with E-state index in [9.17, 15) is 0 Å². The molecule has 19 heavy (non-hydrogen) atoms. The summed E-state index contributed by atoms with van der Waals surface area (Å²) in [5.74, 6) is 1.87. The van der Waals surface area contributed by atoms with Gasteiger partial charge in [0.1, 0.15) is 17.5 Å². The van der Waals surface area contributed by atoms with Crippen molar-refractivity contribution in [3.8, 4) is 0 Å². The molecule has 0 aliphatic heterocycles. The van der Waals surface area contributed by atoms with Gasteiger partial charge in [-0.2, -0.15) is 5.10 Å². The average Bonchev–Trinajstić information content (AvgIpc) is 2.55. The molecule has 6 nitrogen and oxygen atoms in total. The molecule has 0 aliphatic rings. The molecule has 0 fully saturated rings. The van der Waals surface area contributed by atoms with E-state index < -0.39 is 0 Å². The zero-order valence-corrected chi connectivity index (χ0v) is 12.0. The van der Waals surface area contributed by atoms with Crippen LogP contribution in [0.5, 0.6) is 0 Å². The Labute approximate surface area is 113 Å². The van der Waals surface area contributed by atoms with E-state index in [2.05, 4.69) is 41.2 Å². The lowest BCUT2D eigenvalue weighted by Crippen LogP contribution is -2.17. The van der Waals surface area contributed by atoms with Gasteiger partial charge in [-0.1, -0.05) is 20.8 Å². The molecule has 0 aliphatic carbocycles. The molecule has 2 aromatic rings. The second-order valence-corrected chi connectivity index (χ2v) is 5.68. The van der Waals surface area contributed by atoms with E-state index in [1.54, 1.807) is 10.7 Å². The summed E-state index contributed by atoms with van der Waals surface area (Å²) in [6.45, 7) is 8.11. The zero-order valence-electron chi connectivity index (χ0n) is 12.0. The van der Waals surface area contributed by atoms with Crippen molar-refractivity contribution in [1.29, 1.82) is 0 Å². The van der Waals surface area contributed by atoms with E-state index in [-0.39, 0.29) is 5.41 Å². The van der Waals surface area contributed by atoms with Crippen molar-refractivity contribution in [3.05, 3.63) is 23.8 Å². The van der Waals surface area contributed by atoms with E-state index in [4.69, 9.17) is 5.73 Å². The smallest absolute Gasteiger partial charge is 0.138 e. The summed E-state index contributed by atoms with van der Waals surface area (Å²) in [5.41, 5.74) is 7.53. The maximum Gasteiger partial charge on any atom is 0.138 e. The molecule has 0 amide bonds. The van der Waals surface area contributed by atoms with Crippen LogP contribution in [0.3, 0.4) is 0 Å². The fourth-order valence-corrected chi connectivity index (χ4v) is 1.73. The number of aromatic nitrogens is 4. The number of nitrogens with zero attached hydrogens (tertiary/aromatic N) is 4. The Morgan fingerprint density at radius 2 is 1.95 bits per heavy atom. The topological polar surface area (TPSA) is 81.7 Å². The number of anilines is 3. The molecule has 0 unspecified atom stereocenters. The van der Waals surface area contributed by atoms with Gasteiger partial charge in [0.25, 0.3) is 0 Å². The first-order valence-electron chi connectivity index (χ1n) is 6.18. The van der Waals surface area contributed by atoms with Crippen molar-refractivity contribution in [3.63, 3.8) is 0 Å². The summed E-state index contributed by atoms with van der Waals surface area (Å²) in [6, 6.07) is 1.72. The number of aryl methyl sites for hydroxylation is 2. The third kappa shape index (κ3) is 3.01. The lowest BCUT2D eigenvalue weighted by Gasteiger charge is -2.18. The summed E-state index contributed by atoms with van der Waals surface area (Å²) in [5, 5.41) is 7.51. The van der Waals surface area contributed by atoms with Gasteiger partial charge < -0.3 is 11.1 Å². The van der Waals surface area contributed by atoms with Crippen LogP contribution in [-0.4, -0.2) is 19.7 Å². The lowest BCUT2D eigenvalue weighted by molar-refractivity contribution is 0.547. The molecule has 2 aromatic heterocycles. The molecule has 0 aromatic carbocycles. The van der Waals surface area contributed by atoms with E-state index in [1.165, 1.54) is 0 Å². The Morgan fingerprint density at radius 3 is 2.47 bits per heavy atom. The van der Waals surface area contributed by atoms with Crippen LogP contribution in [0.4, 0.5) is 17.3 Å². The van der Waals surface area contributed by atoms with Crippen molar-refractivity contribution in [2.75, 3.05) is 11.1 Å². The first-order valence-corrected chi connectivity index (χ1v) is 6.18. The molecule has 2 heterocycles. The third-order valence-corrected chi connectivity index (χ3v) is 2.69. The number of hydrogen-bond acceptors (Lipinski definition) is 5. The zero-order chi connectivity index (χ0) is 14.2. The van der Waals surface area contributed by atoms with Crippen LogP contribution in [0.2, 0.25) is 0 Å². The van der Waals surface area contributed by atoms with Gasteiger partial charge in [0.2, 0.25) is 0 Å². The summed E-state index contributed by atoms with van der Waals surface area (Å²) >= 11 is 0. The first-order chi connectivity index (χ1) is 8.75. The van der Waals surface area contributed by atoms with Gasteiger partial charge in [-0.15, -0.1) is 0 Å². The Bertz CT molecular complexity index is 594. The Balaban J connectivity index is 2.35. The minimum Gasteiger partial charge on any atom is -0.384 e. The number of nitrogens with two attached hydrogens (primary N) is 1. The van der Waals surface area contributed by atoms with E-state index >= 15 is 0 Å². The van der Waals surface area contributed by atoms with E-state index in [1.807, 2.05) is 20.2 Å². The largest absolute Gasteiger partial charge is 0.384 e. The van der Waals surface area contributed by atoms with Crippen LogP contribution in [0.25, 0.3) is 0 Å². The van der Waals surface area contributed by atoms with Crippen LogP contribution in [0, 0.1) is 6.92 Å². The molecular formula is C13H20N6. The summed E-state index contributed by atoms with van der Waals surface area (Å²) in [7, 11) is 1.88. The van der Waals surface area contributed by atoms with Crippen molar-refractivity contribution in [1.82, 2.24) is 19.7 Å².